The van der Waals surface area contributed by atoms with Crippen molar-refractivity contribution in [1.82, 2.24) is 14.9 Å². The van der Waals surface area contributed by atoms with Crippen LogP contribution in [0.15, 0.2) is 42.5 Å². The largest absolute Gasteiger partial charge is 0.380 e. The molecule has 1 saturated heterocycles. The third kappa shape index (κ3) is 3.27. The Bertz CT molecular complexity index is 1090. The SMILES string of the molecule is Clc1ccccc1-c1nc2c([nH]1)CN(C1CCc3ccc(C4COC4)cc3C1)CC2. The zero-order chi connectivity index (χ0) is 20.1. The maximum absolute atomic E-state index is 6.39. The van der Waals surface area contributed by atoms with Gasteiger partial charge in [0.15, 0.2) is 0 Å². The average Bonchev–Trinajstić information content (AvgIpc) is 3.15. The van der Waals surface area contributed by atoms with Gasteiger partial charge < -0.3 is 9.72 Å². The van der Waals surface area contributed by atoms with Gasteiger partial charge in [0.1, 0.15) is 5.82 Å². The highest BCUT2D eigenvalue weighted by Gasteiger charge is 2.30. The van der Waals surface area contributed by atoms with Gasteiger partial charge in [-0.2, -0.15) is 0 Å². The Morgan fingerprint density at radius 2 is 1.97 bits per heavy atom. The summed E-state index contributed by atoms with van der Waals surface area (Å²) >= 11 is 6.39. The van der Waals surface area contributed by atoms with Crippen LogP contribution in [0, 0.1) is 0 Å². The lowest BCUT2D eigenvalue weighted by molar-refractivity contribution is 0.00837. The van der Waals surface area contributed by atoms with E-state index in [9.17, 15) is 0 Å². The van der Waals surface area contributed by atoms with Crippen LogP contribution in [-0.4, -0.2) is 40.7 Å². The molecule has 1 fully saturated rings. The van der Waals surface area contributed by atoms with E-state index in [0.29, 0.717) is 12.0 Å². The second kappa shape index (κ2) is 7.52. The summed E-state index contributed by atoms with van der Waals surface area (Å²) in [5.74, 6) is 1.50. The lowest BCUT2D eigenvalue weighted by Gasteiger charge is -2.37. The Labute approximate surface area is 182 Å². The second-order valence-corrected chi connectivity index (χ2v) is 9.28. The third-order valence-electron chi connectivity index (χ3n) is 7.05. The van der Waals surface area contributed by atoms with Gasteiger partial charge in [-0.05, 0) is 48.1 Å². The smallest absolute Gasteiger partial charge is 0.139 e. The quantitative estimate of drug-likeness (QED) is 0.665. The first-order valence-corrected chi connectivity index (χ1v) is 11.4. The number of H-pyrrole nitrogens is 1. The fraction of sp³-hybridized carbons (Fsp3) is 0.400. The number of ether oxygens (including phenoxy) is 1. The number of fused-ring (bicyclic) bond motifs is 2. The van der Waals surface area contributed by atoms with E-state index in [2.05, 4.69) is 28.1 Å². The van der Waals surface area contributed by atoms with Crippen molar-refractivity contribution >= 4 is 11.6 Å². The molecule has 1 unspecified atom stereocenters. The highest BCUT2D eigenvalue weighted by Crippen LogP contribution is 2.33. The number of aromatic amines is 1. The Balaban J connectivity index is 1.21. The molecule has 0 bridgehead atoms. The van der Waals surface area contributed by atoms with E-state index in [0.717, 1.165) is 55.6 Å². The number of nitrogens with zero attached hydrogens (tertiary/aromatic N) is 2. The van der Waals surface area contributed by atoms with E-state index in [1.807, 2.05) is 24.3 Å². The average molecular weight is 420 g/mol. The summed E-state index contributed by atoms with van der Waals surface area (Å²) in [4.78, 5) is 11.1. The molecular formula is C25H26ClN3O. The number of halogens is 1. The molecule has 2 aromatic carbocycles. The molecule has 5 heteroatoms. The normalized spacial score (nSPS) is 21.7. The predicted molar refractivity (Wildman–Crippen MR) is 119 cm³/mol. The van der Waals surface area contributed by atoms with E-state index in [4.69, 9.17) is 21.3 Å². The lowest BCUT2D eigenvalue weighted by Crippen LogP contribution is -2.42. The van der Waals surface area contributed by atoms with Gasteiger partial charge in [0.05, 0.1) is 29.6 Å². The van der Waals surface area contributed by atoms with Gasteiger partial charge in [-0.3, -0.25) is 4.90 Å². The highest BCUT2D eigenvalue weighted by molar-refractivity contribution is 6.33. The van der Waals surface area contributed by atoms with Crippen LogP contribution < -0.4 is 0 Å². The minimum Gasteiger partial charge on any atom is -0.380 e. The lowest BCUT2D eigenvalue weighted by atomic mass is 9.84. The van der Waals surface area contributed by atoms with Gasteiger partial charge >= 0.3 is 0 Å². The molecule has 4 nitrogen and oxygen atoms in total. The molecule has 6 rings (SSSR count). The van der Waals surface area contributed by atoms with Crippen molar-refractivity contribution in [2.24, 2.45) is 0 Å². The number of imidazole rings is 1. The summed E-state index contributed by atoms with van der Waals surface area (Å²) in [5, 5.41) is 0.747. The van der Waals surface area contributed by atoms with Gasteiger partial charge in [-0.25, -0.2) is 4.98 Å². The topological polar surface area (TPSA) is 41.2 Å². The van der Waals surface area contributed by atoms with Gasteiger partial charge in [0.2, 0.25) is 0 Å². The van der Waals surface area contributed by atoms with E-state index < -0.39 is 0 Å². The first kappa shape index (κ1) is 18.6. The molecule has 2 aliphatic heterocycles. The number of hydrogen-bond donors (Lipinski definition) is 1. The number of benzene rings is 2. The van der Waals surface area contributed by atoms with Crippen LogP contribution in [0.1, 0.15) is 40.4 Å². The van der Waals surface area contributed by atoms with Crippen molar-refractivity contribution < 1.29 is 4.74 Å². The first-order chi connectivity index (χ1) is 14.7. The van der Waals surface area contributed by atoms with Crippen LogP contribution in [0.4, 0.5) is 0 Å². The highest BCUT2D eigenvalue weighted by atomic mass is 35.5. The molecule has 1 N–H and O–H groups in total. The number of hydrogen-bond acceptors (Lipinski definition) is 3. The van der Waals surface area contributed by atoms with Crippen molar-refractivity contribution in [3.63, 3.8) is 0 Å². The summed E-state index contributed by atoms with van der Waals surface area (Å²) in [5.41, 5.74) is 7.98. The molecule has 154 valence electrons. The maximum atomic E-state index is 6.39. The molecule has 3 aromatic rings. The van der Waals surface area contributed by atoms with Crippen molar-refractivity contribution in [3.05, 3.63) is 75.6 Å². The molecule has 0 spiro atoms. The van der Waals surface area contributed by atoms with Gasteiger partial charge in [-0.1, -0.05) is 41.9 Å². The molecule has 0 radical (unpaired) electrons. The standard InChI is InChI=1S/C25H26ClN3O/c26-22-4-2-1-3-21(22)25-27-23-9-10-29(13-24(23)28-25)20-8-7-16-5-6-17(11-18(16)12-20)19-14-30-15-19/h1-6,11,19-20H,7-10,12-15H2,(H,27,28). The van der Waals surface area contributed by atoms with E-state index in [1.165, 1.54) is 35.4 Å². The van der Waals surface area contributed by atoms with Crippen LogP contribution in [0.5, 0.6) is 0 Å². The third-order valence-corrected chi connectivity index (χ3v) is 7.38. The van der Waals surface area contributed by atoms with Crippen LogP contribution in [0.3, 0.4) is 0 Å². The molecule has 0 saturated carbocycles. The molecule has 30 heavy (non-hydrogen) atoms. The van der Waals surface area contributed by atoms with Crippen molar-refractivity contribution in [1.29, 1.82) is 0 Å². The Hall–Kier alpha value is -2.14. The Kier molecular flexibility index (Phi) is 4.67. The molecular weight excluding hydrogens is 394 g/mol. The zero-order valence-electron chi connectivity index (χ0n) is 17.0. The van der Waals surface area contributed by atoms with E-state index in [-0.39, 0.29) is 0 Å². The monoisotopic (exact) mass is 419 g/mol. The second-order valence-electron chi connectivity index (χ2n) is 8.87. The number of nitrogens with one attached hydrogen (secondary N) is 1. The Morgan fingerprint density at radius 1 is 1.07 bits per heavy atom. The maximum Gasteiger partial charge on any atom is 0.139 e. The van der Waals surface area contributed by atoms with Crippen LogP contribution in [0.2, 0.25) is 5.02 Å². The van der Waals surface area contributed by atoms with Gasteiger partial charge in [0.25, 0.3) is 0 Å². The first-order valence-electron chi connectivity index (χ1n) is 11.0. The van der Waals surface area contributed by atoms with Gasteiger partial charge in [-0.15, -0.1) is 0 Å². The molecule has 1 atom stereocenters. The van der Waals surface area contributed by atoms with Crippen LogP contribution >= 0.6 is 11.6 Å². The van der Waals surface area contributed by atoms with Crippen LogP contribution in [-0.2, 0) is 30.5 Å². The fourth-order valence-electron chi connectivity index (χ4n) is 5.16. The Morgan fingerprint density at radius 3 is 2.80 bits per heavy atom. The minimum atomic E-state index is 0.599. The summed E-state index contributed by atoms with van der Waals surface area (Å²) in [6.45, 7) is 3.79. The molecule has 3 aliphatic rings. The fourth-order valence-corrected chi connectivity index (χ4v) is 5.38. The molecule has 3 heterocycles. The molecule has 1 aliphatic carbocycles. The number of aryl methyl sites for hydroxylation is 1. The van der Waals surface area contributed by atoms with Crippen molar-refractivity contribution in [3.8, 4) is 11.4 Å². The van der Waals surface area contributed by atoms with E-state index in [1.54, 1.807) is 5.56 Å². The molecule has 1 aromatic heterocycles. The van der Waals surface area contributed by atoms with Crippen molar-refractivity contribution in [2.45, 2.75) is 44.2 Å². The summed E-state index contributed by atoms with van der Waals surface area (Å²) in [7, 11) is 0. The van der Waals surface area contributed by atoms with Gasteiger partial charge in [0, 0.05) is 37.0 Å². The number of rotatable bonds is 3. The summed E-state index contributed by atoms with van der Waals surface area (Å²) in [6.07, 6.45) is 4.56. The number of aromatic nitrogens is 2. The summed E-state index contributed by atoms with van der Waals surface area (Å²) in [6, 6.07) is 15.7. The minimum absolute atomic E-state index is 0.599. The zero-order valence-corrected chi connectivity index (χ0v) is 17.8. The van der Waals surface area contributed by atoms with E-state index >= 15 is 0 Å². The summed E-state index contributed by atoms with van der Waals surface area (Å²) < 4.78 is 5.40. The van der Waals surface area contributed by atoms with Crippen LogP contribution in [0.25, 0.3) is 11.4 Å². The molecule has 0 amide bonds. The van der Waals surface area contributed by atoms with Crippen molar-refractivity contribution in [2.75, 3.05) is 19.8 Å². The predicted octanol–water partition coefficient (Wildman–Crippen LogP) is 4.76.